The molecule has 2 aromatic carbocycles. The van der Waals surface area contributed by atoms with Crippen molar-refractivity contribution in [3.8, 4) is 0 Å². The molecule has 0 aliphatic carbocycles. The Labute approximate surface area is 340 Å². The lowest BCUT2D eigenvalue weighted by Crippen LogP contribution is -2.48. The molecule has 17 heteroatoms. The van der Waals surface area contributed by atoms with Gasteiger partial charge in [0.05, 0.1) is 22.8 Å². The van der Waals surface area contributed by atoms with E-state index in [0.29, 0.717) is 23.5 Å². The number of nitrogens with two attached hydrogens (primary N) is 1. The number of hydrogen-bond acceptors (Lipinski definition) is 11. The number of likely N-dealkylation sites (N-methyl/N-ethyl adjacent to an activating group) is 1. The molecule has 0 radical (unpaired) electrons. The number of anilines is 3. The summed E-state index contributed by atoms with van der Waals surface area (Å²) < 4.78 is 39.7. The lowest BCUT2D eigenvalue weighted by Gasteiger charge is -2.38. The van der Waals surface area contributed by atoms with Crippen LogP contribution in [0.2, 0.25) is 0 Å². The Morgan fingerprint density at radius 2 is 1.69 bits per heavy atom. The van der Waals surface area contributed by atoms with Gasteiger partial charge < -0.3 is 36.1 Å². The van der Waals surface area contributed by atoms with E-state index in [9.17, 15) is 42.3 Å². The monoisotopic (exact) mass is 818 g/mol. The second kappa shape index (κ2) is 17.7. The molecule has 0 saturated carbocycles. The molecule has 1 unspecified atom stereocenters. The van der Waals surface area contributed by atoms with E-state index in [1.165, 1.54) is 33.0 Å². The van der Waals surface area contributed by atoms with Gasteiger partial charge in [0, 0.05) is 80.6 Å². The molecule has 4 amide bonds. The highest BCUT2D eigenvalue weighted by atomic mass is 19.4. The van der Waals surface area contributed by atoms with Crippen molar-refractivity contribution in [3.63, 3.8) is 0 Å². The predicted octanol–water partition coefficient (Wildman–Crippen LogP) is 4.65. The highest BCUT2D eigenvalue weighted by Crippen LogP contribution is 2.34. The van der Waals surface area contributed by atoms with E-state index >= 15 is 0 Å². The minimum Gasteiger partial charge on any atom is -0.398 e. The quantitative estimate of drug-likeness (QED) is 0.0818. The van der Waals surface area contributed by atoms with Crippen LogP contribution >= 0.6 is 0 Å². The zero-order chi connectivity index (χ0) is 42.6. The van der Waals surface area contributed by atoms with Crippen LogP contribution in [0, 0.1) is 5.92 Å². The first kappa shape index (κ1) is 42.9. The van der Waals surface area contributed by atoms with Gasteiger partial charge in [-0.3, -0.25) is 29.1 Å². The van der Waals surface area contributed by atoms with Gasteiger partial charge in [-0.05, 0) is 94.3 Å². The van der Waals surface area contributed by atoms with Crippen molar-refractivity contribution in [1.82, 2.24) is 20.1 Å². The normalized spacial score (nSPS) is 17.7. The molecule has 2 saturated heterocycles. The van der Waals surface area contributed by atoms with E-state index in [2.05, 4.69) is 25.4 Å². The van der Waals surface area contributed by atoms with E-state index in [-0.39, 0.29) is 41.3 Å². The number of alkyl halides is 3. The Morgan fingerprint density at radius 3 is 2.34 bits per heavy atom. The van der Waals surface area contributed by atoms with Crippen LogP contribution in [0.3, 0.4) is 0 Å². The summed E-state index contributed by atoms with van der Waals surface area (Å²) in [5.41, 5.74) is 5.86. The number of aliphatic hydroxyl groups is 1. The van der Waals surface area contributed by atoms with Gasteiger partial charge in [0.25, 0.3) is 17.7 Å². The number of nitrogen functional groups attached to an aromatic ring is 1. The van der Waals surface area contributed by atoms with Crippen LogP contribution in [0.4, 0.5) is 30.2 Å². The number of aliphatic imine (C=N–C) groups is 1. The number of carbonyl (C=O) groups is 5. The van der Waals surface area contributed by atoms with Crippen LogP contribution in [0.15, 0.2) is 53.5 Å². The number of aromatic nitrogens is 1. The second-order valence-corrected chi connectivity index (χ2v) is 15.8. The maximum absolute atomic E-state index is 13.4. The van der Waals surface area contributed by atoms with Crippen molar-refractivity contribution in [1.29, 1.82) is 0 Å². The highest BCUT2D eigenvalue weighted by molar-refractivity contribution is 6.23. The summed E-state index contributed by atoms with van der Waals surface area (Å²) in [4.78, 5) is 77.1. The molecule has 6 rings (SSSR count). The molecule has 2 fully saturated rings. The number of piperidine rings is 2. The summed E-state index contributed by atoms with van der Waals surface area (Å²) in [6.45, 7) is 7.21. The van der Waals surface area contributed by atoms with Crippen LogP contribution in [0.5, 0.6) is 0 Å². The molecule has 5 N–H and O–H groups in total. The van der Waals surface area contributed by atoms with E-state index in [1.807, 2.05) is 6.07 Å². The number of hydrogen-bond donors (Lipinski definition) is 4. The van der Waals surface area contributed by atoms with Crippen LogP contribution in [0.25, 0.3) is 0 Å². The van der Waals surface area contributed by atoms with Crippen LogP contribution in [-0.2, 0) is 21.4 Å². The van der Waals surface area contributed by atoms with Gasteiger partial charge in [-0.15, -0.1) is 0 Å². The number of likely N-dealkylation sites (tertiary alicyclic amines) is 1. The molecule has 14 nitrogen and oxygen atoms in total. The second-order valence-electron chi connectivity index (χ2n) is 15.8. The van der Waals surface area contributed by atoms with Crippen LogP contribution in [-0.4, -0.2) is 108 Å². The smallest absolute Gasteiger partial charge is 0.398 e. The van der Waals surface area contributed by atoms with Gasteiger partial charge in [-0.1, -0.05) is 6.07 Å². The Balaban J connectivity index is 1.02. The molecule has 3 aliphatic heterocycles. The highest BCUT2D eigenvalue weighted by Gasteiger charge is 2.43. The van der Waals surface area contributed by atoms with Crippen molar-refractivity contribution in [3.05, 3.63) is 82.2 Å². The molecule has 0 spiro atoms. The summed E-state index contributed by atoms with van der Waals surface area (Å²) in [6.07, 6.45) is 1.18. The fourth-order valence-corrected chi connectivity index (χ4v) is 7.93. The molecule has 4 heterocycles. The predicted molar refractivity (Wildman–Crippen MR) is 215 cm³/mol. The first-order valence-corrected chi connectivity index (χ1v) is 19.7. The minimum atomic E-state index is -4.72. The third-order valence-electron chi connectivity index (χ3n) is 11.2. The number of pyridine rings is 1. The fourth-order valence-electron chi connectivity index (χ4n) is 7.93. The van der Waals surface area contributed by atoms with Crippen molar-refractivity contribution in [2.24, 2.45) is 10.9 Å². The van der Waals surface area contributed by atoms with E-state index < -0.39 is 52.8 Å². The maximum Gasteiger partial charge on any atom is 0.433 e. The van der Waals surface area contributed by atoms with Gasteiger partial charge in [0.1, 0.15) is 23.7 Å². The molecular formula is C42H49F3N8O6. The van der Waals surface area contributed by atoms with Crippen LogP contribution < -0.4 is 21.3 Å². The molecule has 59 heavy (non-hydrogen) atoms. The van der Waals surface area contributed by atoms with E-state index in [4.69, 9.17) is 10.7 Å². The lowest BCUT2D eigenvalue weighted by atomic mass is 9.93. The lowest BCUT2D eigenvalue weighted by molar-refractivity contribution is -0.141. The van der Waals surface area contributed by atoms with E-state index in [1.54, 1.807) is 24.4 Å². The fraction of sp³-hybridized carbons (Fsp3) is 0.452. The first-order chi connectivity index (χ1) is 28.0. The number of carbonyl (C=O) groups excluding carboxylic acids is 5. The van der Waals surface area contributed by atoms with Gasteiger partial charge in [-0.2, -0.15) is 13.2 Å². The molecule has 1 aromatic heterocycles. The van der Waals surface area contributed by atoms with Crippen molar-refractivity contribution >= 4 is 53.2 Å². The number of nitrogens with zero attached hydrogens (tertiary/aromatic N) is 5. The Hall–Kier alpha value is -5.68. The van der Waals surface area contributed by atoms with Crippen molar-refractivity contribution in [2.75, 3.05) is 55.7 Å². The molecule has 314 valence electrons. The number of amides is 4. The van der Waals surface area contributed by atoms with Gasteiger partial charge in [-0.25, -0.2) is 4.98 Å². The summed E-state index contributed by atoms with van der Waals surface area (Å²) in [5, 5.41) is 15.9. The van der Waals surface area contributed by atoms with Gasteiger partial charge >= 0.3 is 6.18 Å². The topological polar surface area (TPSA) is 191 Å². The number of aldehydes is 1. The number of halogens is 3. The first-order valence-electron chi connectivity index (χ1n) is 19.7. The average molecular weight is 819 g/mol. The molecular weight excluding hydrogens is 770 g/mol. The van der Waals surface area contributed by atoms with Gasteiger partial charge in [0.15, 0.2) is 0 Å². The third-order valence-corrected chi connectivity index (χ3v) is 11.2. The third kappa shape index (κ3) is 9.79. The number of nitrogens with one attached hydrogen (secondary N) is 2. The van der Waals surface area contributed by atoms with Gasteiger partial charge in [0.2, 0.25) is 5.91 Å². The summed E-state index contributed by atoms with van der Waals surface area (Å²) in [5.74, 6) is -1.98. The van der Waals surface area contributed by atoms with Crippen molar-refractivity contribution in [2.45, 2.75) is 76.2 Å². The zero-order valence-corrected chi connectivity index (χ0v) is 33.2. The summed E-state index contributed by atoms with van der Waals surface area (Å²) in [6, 6.07) is 10.3. The summed E-state index contributed by atoms with van der Waals surface area (Å²) in [7, 11) is 1.42. The SMILES string of the molecule is CNC(=O)C(CCC=O)N1C(=O)c2ccc(N3CCC(CN4CCC(N=Cc5cc(NC(=O)c6cccc(C(F)(F)F)n6)c(C(C)(C)O)cc5N)CC4)CC3)cc2C1=O. The zero-order valence-electron chi connectivity index (χ0n) is 33.2. The number of rotatable bonds is 13. The van der Waals surface area contributed by atoms with E-state index in [0.717, 1.165) is 81.1 Å². The van der Waals surface area contributed by atoms with Crippen LogP contribution in [0.1, 0.15) is 100 Å². The maximum atomic E-state index is 13.4. The number of benzene rings is 2. The average Bonchev–Trinajstić information content (AvgIpc) is 3.45. The number of fused-ring (bicyclic) bond motifs is 1. The van der Waals surface area contributed by atoms with Crippen molar-refractivity contribution < 1.29 is 42.3 Å². The summed E-state index contributed by atoms with van der Waals surface area (Å²) >= 11 is 0. The minimum absolute atomic E-state index is 0.0239. The largest absolute Gasteiger partial charge is 0.433 e. The Bertz CT molecular complexity index is 2120. The Kier molecular flexibility index (Phi) is 12.8. The molecule has 3 aliphatic rings. The Morgan fingerprint density at radius 1 is 1.00 bits per heavy atom. The molecule has 0 bridgehead atoms. The standard InChI is InChI=1S/C42H49F3N8O6/c1-41(2,59)31-22-32(46)26(20-34(31)50-37(55)33-6-4-8-36(49-33)42(43,44)45)23-48-27-13-15-51(16-14-27)24-25-11-17-52(18-12-25)28-9-10-29-30(21-28)40(58)53(39(29)57)35(7-5-19-54)38(56)47-3/h4,6,8-10,19-23,25,27,35,59H,5,7,11-18,24,46H2,1-3H3,(H,47,56)(H,50,55). The molecule has 1 atom stereocenters. The number of imide groups is 1. The molecule has 3 aromatic rings.